The summed E-state index contributed by atoms with van der Waals surface area (Å²) in [6.45, 7) is 2.44. The standard InChI is InChI=1S/C11H21N3O3/c1-12-5-3-6-13(2)11(17)14-7-4-9(8-14)10(15)16/h9,12H,3-8H2,1-2H3,(H,15,16). The molecule has 1 saturated heterocycles. The lowest BCUT2D eigenvalue weighted by Crippen LogP contribution is -2.41. The fourth-order valence-electron chi connectivity index (χ4n) is 1.97. The van der Waals surface area contributed by atoms with E-state index in [4.69, 9.17) is 5.11 Å². The highest BCUT2D eigenvalue weighted by Crippen LogP contribution is 2.17. The molecule has 1 heterocycles. The Kier molecular flexibility index (Phi) is 5.21. The van der Waals surface area contributed by atoms with Crippen LogP contribution in [0.25, 0.3) is 0 Å². The van der Waals surface area contributed by atoms with Crippen molar-refractivity contribution in [1.29, 1.82) is 0 Å². The van der Waals surface area contributed by atoms with Gasteiger partial charge in [-0.05, 0) is 26.4 Å². The molecule has 2 N–H and O–H groups in total. The van der Waals surface area contributed by atoms with Gasteiger partial charge in [0.2, 0.25) is 0 Å². The van der Waals surface area contributed by atoms with E-state index < -0.39 is 11.9 Å². The second-order valence-corrected chi connectivity index (χ2v) is 4.43. The quantitative estimate of drug-likeness (QED) is 0.669. The van der Waals surface area contributed by atoms with Gasteiger partial charge in [-0.15, -0.1) is 0 Å². The number of likely N-dealkylation sites (tertiary alicyclic amines) is 1. The summed E-state index contributed by atoms with van der Waals surface area (Å²) in [6, 6.07) is -0.0650. The number of nitrogens with zero attached hydrogens (tertiary/aromatic N) is 2. The molecule has 0 aromatic rings. The van der Waals surface area contributed by atoms with Crippen molar-refractivity contribution < 1.29 is 14.7 Å². The van der Waals surface area contributed by atoms with Gasteiger partial charge in [-0.1, -0.05) is 0 Å². The first-order chi connectivity index (χ1) is 8.06. The Hall–Kier alpha value is -1.30. The summed E-state index contributed by atoms with van der Waals surface area (Å²) in [5.74, 6) is -1.21. The Morgan fingerprint density at radius 2 is 2.24 bits per heavy atom. The van der Waals surface area contributed by atoms with Crippen molar-refractivity contribution in [3.63, 3.8) is 0 Å². The van der Waals surface area contributed by atoms with E-state index in [1.54, 1.807) is 16.8 Å². The summed E-state index contributed by atoms with van der Waals surface area (Å²) in [7, 11) is 3.63. The molecule has 0 spiro atoms. The number of rotatable bonds is 5. The summed E-state index contributed by atoms with van der Waals surface area (Å²) in [5, 5.41) is 11.9. The second-order valence-electron chi connectivity index (χ2n) is 4.43. The summed E-state index contributed by atoms with van der Waals surface area (Å²) < 4.78 is 0. The Morgan fingerprint density at radius 3 is 2.76 bits per heavy atom. The van der Waals surface area contributed by atoms with Crippen LogP contribution >= 0.6 is 0 Å². The van der Waals surface area contributed by atoms with Crippen molar-refractivity contribution >= 4 is 12.0 Å². The van der Waals surface area contributed by atoms with Crippen LogP contribution in [0.5, 0.6) is 0 Å². The number of carboxylic acids is 1. The van der Waals surface area contributed by atoms with Crippen LogP contribution in [-0.4, -0.2) is 67.2 Å². The summed E-state index contributed by atoms with van der Waals surface area (Å²) >= 11 is 0. The molecule has 1 aliphatic rings. The van der Waals surface area contributed by atoms with E-state index in [2.05, 4.69) is 5.32 Å². The molecule has 0 saturated carbocycles. The molecule has 1 aliphatic heterocycles. The molecule has 0 bridgehead atoms. The third-order valence-corrected chi connectivity index (χ3v) is 3.05. The predicted octanol–water partition coefficient (Wildman–Crippen LogP) is 0.0542. The van der Waals surface area contributed by atoms with Crippen LogP contribution in [-0.2, 0) is 4.79 Å². The summed E-state index contributed by atoms with van der Waals surface area (Å²) in [6.07, 6.45) is 1.46. The van der Waals surface area contributed by atoms with Crippen LogP contribution in [0.2, 0.25) is 0 Å². The van der Waals surface area contributed by atoms with Gasteiger partial charge in [0, 0.05) is 26.7 Å². The highest BCUT2D eigenvalue weighted by Gasteiger charge is 2.31. The van der Waals surface area contributed by atoms with Crippen LogP contribution in [0.4, 0.5) is 4.79 Å². The minimum atomic E-state index is -0.807. The van der Waals surface area contributed by atoms with Gasteiger partial charge in [0.15, 0.2) is 0 Å². The van der Waals surface area contributed by atoms with Crippen LogP contribution in [0.15, 0.2) is 0 Å². The van der Waals surface area contributed by atoms with Gasteiger partial charge in [-0.25, -0.2) is 4.79 Å². The van der Waals surface area contributed by atoms with Gasteiger partial charge in [-0.2, -0.15) is 0 Å². The average molecular weight is 243 g/mol. The van der Waals surface area contributed by atoms with Crippen molar-refractivity contribution in [2.45, 2.75) is 12.8 Å². The molecule has 1 unspecified atom stereocenters. The Labute approximate surface area is 102 Å². The molecule has 17 heavy (non-hydrogen) atoms. The van der Waals surface area contributed by atoms with E-state index in [1.165, 1.54) is 0 Å². The van der Waals surface area contributed by atoms with E-state index in [0.717, 1.165) is 13.0 Å². The van der Waals surface area contributed by atoms with Crippen LogP contribution in [0.1, 0.15) is 12.8 Å². The molecular formula is C11H21N3O3. The number of carbonyl (C=O) groups excluding carboxylic acids is 1. The van der Waals surface area contributed by atoms with Gasteiger partial charge >= 0.3 is 12.0 Å². The number of amides is 2. The SMILES string of the molecule is CNCCCN(C)C(=O)N1CCC(C(=O)O)C1. The number of hydrogen-bond acceptors (Lipinski definition) is 3. The van der Waals surface area contributed by atoms with Crippen LogP contribution in [0.3, 0.4) is 0 Å². The Bertz CT molecular complexity index is 283. The molecule has 2 amide bonds. The van der Waals surface area contributed by atoms with Gasteiger partial charge in [-0.3, -0.25) is 4.79 Å². The van der Waals surface area contributed by atoms with Gasteiger partial charge < -0.3 is 20.2 Å². The molecule has 6 heteroatoms. The van der Waals surface area contributed by atoms with E-state index in [9.17, 15) is 9.59 Å². The minimum absolute atomic E-state index is 0.0650. The van der Waals surface area contributed by atoms with E-state index >= 15 is 0 Å². The number of hydrogen-bond donors (Lipinski definition) is 2. The number of aliphatic carboxylic acids is 1. The topological polar surface area (TPSA) is 72.9 Å². The molecular weight excluding hydrogens is 222 g/mol. The number of nitrogens with one attached hydrogen (secondary N) is 1. The molecule has 0 aromatic carbocycles. The van der Waals surface area contributed by atoms with E-state index in [0.29, 0.717) is 26.1 Å². The fraction of sp³-hybridized carbons (Fsp3) is 0.818. The minimum Gasteiger partial charge on any atom is -0.481 e. The first-order valence-electron chi connectivity index (χ1n) is 5.93. The number of carboxylic acid groups (broad SMARTS) is 1. The smallest absolute Gasteiger partial charge is 0.319 e. The molecule has 1 rings (SSSR count). The second kappa shape index (κ2) is 6.44. The van der Waals surface area contributed by atoms with Gasteiger partial charge in [0.25, 0.3) is 0 Å². The van der Waals surface area contributed by atoms with Crippen molar-refractivity contribution in [3.05, 3.63) is 0 Å². The van der Waals surface area contributed by atoms with Gasteiger partial charge in [0.1, 0.15) is 0 Å². The van der Waals surface area contributed by atoms with Crippen molar-refractivity contribution in [2.75, 3.05) is 40.3 Å². The first kappa shape index (κ1) is 13.8. The zero-order chi connectivity index (χ0) is 12.8. The largest absolute Gasteiger partial charge is 0.481 e. The lowest BCUT2D eigenvalue weighted by Gasteiger charge is -2.24. The zero-order valence-electron chi connectivity index (χ0n) is 10.5. The molecule has 0 aromatic heterocycles. The number of urea groups is 1. The normalized spacial score (nSPS) is 19.4. The third kappa shape index (κ3) is 3.89. The van der Waals surface area contributed by atoms with Crippen molar-refractivity contribution in [2.24, 2.45) is 5.92 Å². The molecule has 6 nitrogen and oxygen atoms in total. The molecule has 1 atom stereocenters. The van der Waals surface area contributed by atoms with E-state index in [-0.39, 0.29) is 6.03 Å². The fourth-order valence-corrected chi connectivity index (χ4v) is 1.97. The van der Waals surface area contributed by atoms with Crippen molar-refractivity contribution in [3.8, 4) is 0 Å². The maximum Gasteiger partial charge on any atom is 0.319 e. The monoisotopic (exact) mass is 243 g/mol. The Balaban J connectivity index is 2.35. The predicted molar refractivity (Wildman–Crippen MR) is 63.9 cm³/mol. The summed E-state index contributed by atoms with van der Waals surface area (Å²) in [5.41, 5.74) is 0. The maximum absolute atomic E-state index is 11.9. The third-order valence-electron chi connectivity index (χ3n) is 3.05. The Morgan fingerprint density at radius 1 is 1.53 bits per heavy atom. The maximum atomic E-state index is 11.9. The van der Waals surface area contributed by atoms with Crippen LogP contribution < -0.4 is 5.32 Å². The molecule has 0 radical (unpaired) electrons. The molecule has 1 fully saturated rings. The average Bonchev–Trinajstić information content (AvgIpc) is 2.77. The number of carbonyl (C=O) groups is 2. The summed E-state index contributed by atoms with van der Waals surface area (Å²) in [4.78, 5) is 26.0. The molecule has 98 valence electrons. The zero-order valence-corrected chi connectivity index (χ0v) is 10.5. The molecule has 0 aliphatic carbocycles. The highest BCUT2D eigenvalue weighted by atomic mass is 16.4. The van der Waals surface area contributed by atoms with Gasteiger partial charge in [0.05, 0.1) is 5.92 Å². The van der Waals surface area contributed by atoms with Crippen molar-refractivity contribution in [1.82, 2.24) is 15.1 Å². The lowest BCUT2D eigenvalue weighted by atomic mass is 10.1. The first-order valence-corrected chi connectivity index (χ1v) is 5.93. The highest BCUT2D eigenvalue weighted by molar-refractivity contribution is 5.77. The lowest BCUT2D eigenvalue weighted by molar-refractivity contribution is -0.141. The van der Waals surface area contributed by atoms with E-state index in [1.807, 2.05) is 7.05 Å². The van der Waals surface area contributed by atoms with Crippen LogP contribution in [0, 0.1) is 5.92 Å².